The summed E-state index contributed by atoms with van der Waals surface area (Å²) in [6.45, 7) is 7.43. The zero-order valence-electron chi connectivity index (χ0n) is 19.4. The van der Waals surface area contributed by atoms with Crippen molar-refractivity contribution in [1.82, 2.24) is 10.2 Å². The van der Waals surface area contributed by atoms with E-state index in [0.29, 0.717) is 31.1 Å². The van der Waals surface area contributed by atoms with E-state index < -0.39 is 0 Å². The highest BCUT2D eigenvalue weighted by molar-refractivity contribution is 7.18. The molecule has 0 unspecified atom stereocenters. The van der Waals surface area contributed by atoms with E-state index in [-0.39, 0.29) is 11.3 Å². The minimum Gasteiger partial charge on any atom is -0.496 e. The van der Waals surface area contributed by atoms with Crippen molar-refractivity contribution in [3.05, 3.63) is 59.7 Å². The maximum atomic E-state index is 13.1. The van der Waals surface area contributed by atoms with E-state index in [0.717, 1.165) is 21.9 Å². The first-order valence-electron chi connectivity index (χ1n) is 10.7. The van der Waals surface area contributed by atoms with Gasteiger partial charge in [-0.1, -0.05) is 74.6 Å². The van der Waals surface area contributed by atoms with Crippen molar-refractivity contribution < 1.29 is 14.3 Å². The zero-order valence-corrected chi connectivity index (χ0v) is 20.2. The van der Waals surface area contributed by atoms with Crippen LogP contribution in [0.3, 0.4) is 0 Å². The Morgan fingerprint density at radius 3 is 2.41 bits per heavy atom. The number of hydrogen-bond donors (Lipinski definition) is 0. The molecule has 3 rings (SSSR count). The Hall–Kier alpha value is -2.77. The van der Waals surface area contributed by atoms with Crippen LogP contribution in [0.2, 0.25) is 0 Å². The van der Waals surface area contributed by atoms with Gasteiger partial charge in [-0.05, 0) is 29.0 Å². The highest BCUT2D eigenvalue weighted by atomic mass is 32.1. The molecular weight excluding hydrogens is 422 g/mol. The molecule has 0 N–H and O–H groups in total. The number of rotatable bonds is 9. The third kappa shape index (κ3) is 5.93. The Kier molecular flexibility index (Phi) is 7.99. The van der Waals surface area contributed by atoms with Crippen LogP contribution in [0.25, 0.3) is 10.6 Å². The molecule has 7 heteroatoms. The van der Waals surface area contributed by atoms with Gasteiger partial charge in [0.1, 0.15) is 10.8 Å². The second-order valence-corrected chi connectivity index (χ2v) is 9.52. The van der Waals surface area contributed by atoms with Crippen molar-refractivity contribution in [2.45, 2.75) is 39.0 Å². The fourth-order valence-corrected chi connectivity index (χ4v) is 4.24. The number of methoxy groups -OCH3 is 2. The number of anilines is 1. The van der Waals surface area contributed by atoms with E-state index in [4.69, 9.17) is 9.47 Å². The van der Waals surface area contributed by atoms with Crippen molar-refractivity contribution in [2.75, 3.05) is 32.3 Å². The molecule has 0 saturated carbocycles. The number of aryl methyl sites for hydroxylation is 1. The zero-order chi connectivity index (χ0) is 23.1. The molecule has 0 saturated heterocycles. The minimum atomic E-state index is -0.0151. The van der Waals surface area contributed by atoms with Gasteiger partial charge in [0.25, 0.3) is 0 Å². The van der Waals surface area contributed by atoms with Crippen molar-refractivity contribution in [1.29, 1.82) is 0 Å². The number of nitrogens with zero attached hydrogens (tertiary/aromatic N) is 3. The lowest BCUT2D eigenvalue weighted by Crippen LogP contribution is -2.34. The SMILES string of the molecule is COCCN(C(=O)CCc1ccccc1OC)c1nnc(-c2ccc(C(C)(C)C)cc2)s1. The summed E-state index contributed by atoms with van der Waals surface area (Å²) in [6, 6.07) is 16.1. The largest absolute Gasteiger partial charge is 0.496 e. The van der Waals surface area contributed by atoms with E-state index in [9.17, 15) is 4.79 Å². The van der Waals surface area contributed by atoms with Crippen molar-refractivity contribution in [3.8, 4) is 16.3 Å². The molecule has 6 nitrogen and oxygen atoms in total. The molecule has 0 aliphatic rings. The van der Waals surface area contributed by atoms with Gasteiger partial charge >= 0.3 is 0 Å². The van der Waals surface area contributed by atoms with E-state index in [1.807, 2.05) is 24.3 Å². The number of amides is 1. The normalized spacial score (nSPS) is 11.4. The highest BCUT2D eigenvalue weighted by Gasteiger charge is 2.21. The van der Waals surface area contributed by atoms with Crippen LogP contribution in [0.4, 0.5) is 5.13 Å². The Balaban J connectivity index is 1.76. The Bertz CT molecular complexity index is 1030. The van der Waals surface area contributed by atoms with Gasteiger partial charge in [-0.15, -0.1) is 10.2 Å². The maximum absolute atomic E-state index is 13.1. The Labute approximate surface area is 194 Å². The van der Waals surface area contributed by atoms with Crippen molar-refractivity contribution in [3.63, 3.8) is 0 Å². The van der Waals surface area contributed by atoms with E-state index >= 15 is 0 Å². The topological polar surface area (TPSA) is 64.5 Å². The number of hydrogen-bond acceptors (Lipinski definition) is 6. The molecule has 3 aromatic rings. The summed E-state index contributed by atoms with van der Waals surface area (Å²) >= 11 is 1.42. The van der Waals surface area contributed by atoms with Crippen LogP contribution in [0, 0.1) is 0 Å². The first-order chi connectivity index (χ1) is 15.3. The molecule has 0 aliphatic carbocycles. The first kappa shape index (κ1) is 23.9. The molecule has 1 aromatic heterocycles. The summed E-state index contributed by atoms with van der Waals surface area (Å²) in [5, 5.41) is 10.0. The van der Waals surface area contributed by atoms with Crippen LogP contribution < -0.4 is 9.64 Å². The molecule has 0 aliphatic heterocycles. The lowest BCUT2D eigenvalue weighted by Gasteiger charge is -2.19. The third-order valence-corrected chi connectivity index (χ3v) is 6.26. The van der Waals surface area contributed by atoms with Crippen LogP contribution in [0.5, 0.6) is 5.75 Å². The molecule has 1 amide bonds. The van der Waals surface area contributed by atoms with Gasteiger partial charge < -0.3 is 9.47 Å². The second kappa shape index (κ2) is 10.7. The summed E-state index contributed by atoms with van der Waals surface area (Å²) in [6.07, 6.45) is 0.936. The van der Waals surface area contributed by atoms with Gasteiger partial charge in [0, 0.05) is 19.1 Å². The standard InChI is InChI=1S/C25H31N3O3S/c1-25(2,3)20-13-10-19(11-14-20)23-26-27-24(32-23)28(16-17-30-4)22(29)15-12-18-8-6-7-9-21(18)31-5/h6-11,13-14H,12,15-17H2,1-5H3. The molecular formula is C25H31N3O3S. The van der Waals surface area contributed by atoms with Crippen molar-refractivity contribution >= 4 is 22.4 Å². The van der Waals surface area contributed by atoms with Crippen LogP contribution in [-0.4, -0.2) is 43.5 Å². The van der Waals surface area contributed by atoms with Gasteiger partial charge in [-0.3, -0.25) is 9.69 Å². The van der Waals surface area contributed by atoms with Crippen LogP contribution in [-0.2, 0) is 21.4 Å². The first-order valence-corrected chi connectivity index (χ1v) is 11.5. The molecule has 1 heterocycles. The fourth-order valence-electron chi connectivity index (χ4n) is 3.35. The predicted octanol–water partition coefficient (Wildman–Crippen LogP) is 5.12. The van der Waals surface area contributed by atoms with Gasteiger partial charge in [0.05, 0.1) is 20.3 Å². The Morgan fingerprint density at radius 2 is 1.75 bits per heavy atom. The summed E-state index contributed by atoms with van der Waals surface area (Å²) in [7, 11) is 3.27. The summed E-state index contributed by atoms with van der Waals surface area (Å²) in [4.78, 5) is 14.8. The van der Waals surface area contributed by atoms with Crippen molar-refractivity contribution in [2.24, 2.45) is 0 Å². The van der Waals surface area contributed by atoms with Gasteiger partial charge in [0.2, 0.25) is 11.0 Å². The molecule has 0 bridgehead atoms. The average molecular weight is 454 g/mol. The number of ether oxygens (including phenoxy) is 2. The number of carbonyl (C=O) groups is 1. The summed E-state index contributed by atoms with van der Waals surface area (Å²) < 4.78 is 10.6. The molecule has 0 spiro atoms. The van der Waals surface area contributed by atoms with Crippen LogP contribution in [0.15, 0.2) is 48.5 Å². The van der Waals surface area contributed by atoms with E-state index in [2.05, 4.69) is 55.2 Å². The average Bonchev–Trinajstić information content (AvgIpc) is 3.27. The number of carbonyl (C=O) groups excluding carboxylic acids is 1. The number of benzene rings is 2. The van der Waals surface area contributed by atoms with Crippen LogP contribution in [0.1, 0.15) is 38.3 Å². The monoisotopic (exact) mass is 453 g/mol. The lowest BCUT2D eigenvalue weighted by molar-refractivity contribution is -0.118. The maximum Gasteiger partial charge on any atom is 0.229 e. The van der Waals surface area contributed by atoms with Gasteiger partial charge in [0.15, 0.2) is 0 Å². The van der Waals surface area contributed by atoms with E-state index in [1.54, 1.807) is 19.1 Å². The molecule has 0 atom stereocenters. The van der Waals surface area contributed by atoms with Gasteiger partial charge in [-0.25, -0.2) is 0 Å². The minimum absolute atomic E-state index is 0.0151. The van der Waals surface area contributed by atoms with E-state index in [1.165, 1.54) is 16.9 Å². The lowest BCUT2D eigenvalue weighted by atomic mass is 9.87. The molecule has 170 valence electrons. The predicted molar refractivity (Wildman–Crippen MR) is 130 cm³/mol. The smallest absolute Gasteiger partial charge is 0.229 e. The number of aromatic nitrogens is 2. The van der Waals surface area contributed by atoms with Crippen LogP contribution >= 0.6 is 11.3 Å². The fraction of sp³-hybridized carbons (Fsp3) is 0.400. The third-order valence-electron chi connectivity index (χ3n) is 5.26. The Morgan fingerprint density at radius 1 is 1.03 bits per heavy atom. The number of para-hydroxylation sites is 1. The summed E-state index contributed by atoms with van der Waals surface area (Å²) in [5.74, 6) is 0.777. The highest BCUT2D eigenvalue weighted by Crippen LogP contribution is 2.31. The molecule has 32 heavy (non-hydrogen) atoms. The van der Waals surface area contributed by atoms with Gasteiger partial charge in [-0.2, -0.15) is 0 Å². The molecule has 0 fully saturated rings. The quantitative estimate of drug-likeness (QED) is 0.450. The summed E-state index contributed by atoms with van der Waals surface area (Å²) in [5.41, 5.74) is 3.36. The molecule has 0 radical (unpaired) electrons. The molecule has 2 aromatic carbocycles. The second-order valence-electron chi connectivity index (χ2n) is 8.57.